The van der Waals surface area contributed by atoms with E-state index < -0.39 is 6.04 Å². The Morgan fingerprint density at radius 3 is 2.58 bits per heavy atom. The molecule has 1 unspecified atom stereocenters. The Bertz CT molecular complexity index is 746. The van der Waals surface area contributed by atoms with Gasteiger partial charge in [-0.2, -0.15) is 5.10 Å². The van der Waals surface area contributed by atoms with E-state index >= 15 is 0 Å². The van der Waals surface area contributed by atoms with E-state index in [0.717, 1.165) is 0 Å². The van der Waals surface area contributed by atoms with Gasteiger partial charge in [0.25, 0.3) is 0 Å². The monoisotopic (exact) mass is 358 g/mol. The molecule has 1 saturated heterocycles. The maximum Gasteiger partial charge on any atom is 0.249 e. The van der Waals surface area contributed by atoms with Gasteiger partial charge >= 0.3 is 0 Å². The van der Waals surface area contributed by atoms with Crippen LogP contribution in [0.25, 0.3) is 0 Å². The normalized spacial score (nSPS) is 21.0. The Balaban J connectivity index is 1.56. The van der Waals surface area contributed by atoms with Crippen LogP contribution in [-0.2, 0) is 14.3 Å². The zero-order chi connectivity index (χ0) is 18.5. The smallest absolute Gasteiger partial charge is 0.249 e. The highest BCUT2D eigenvalue weighted by Crippen LogP contribution is 2.16. The van der Waals surface area contributed by atoms with Gasteiger partial charge in [0, 0.05) is 17.9 Å². The van der Waals surface area contributed by atoms with Gasteiger partial charge in [0.2, 0.25) is 11.8 Å². The molecule has 0 bridgehead atoms. The van der Waals surface area contributed by atoms with Gasteiger partial charge in [-0.25, -0.2) is 9.67 Å². The molecular formula is C17H22N6O3. The molecule has 0 spiro atoms. The van der Waals surface area contributed by atoms with Crippen molar-refractivity contribution in [3.63, 3.8) is 0 Å². The predicted octanol–water partition coefficient (Wildman–Crippen LogP) is 0.793. The van der Waals surface area contributed by atoms with Crippen LogP contribution in [0.2, 0.25) is 0 Å². The van der Waals surface area contributed by atoms with Gasteiger partial charge in [-0.1, -0.05) is 0 Å². The molecule has 26 heavy (non-hydrogen) atoms. The highest BCUT2D eigenvalue weighted by Gasteiger charge is 2.28. The van der Waals surface area contributed by atoms with E-state index in [4.69, 9.17) is 4.74 Å². The summed E-state index contributed by atoms with van der Waals surface area (Å²) >= 11 is 0. The van der Waals surface area contributed by atoms with Gasteiger partial charge < -0.3 is 20.7 Å². The number of benzene rings is 1. The minimum atomic E-state index is -0.476. The molecular weight excluding hydrogens is 336 g/mol. The molecule has 9 heteroatoms. The lowest BCUT2D eigenvalue weighted by molar-refractivity contribution is -0.123. The average Bonchev–Trinajstić information content (AvgIpc) is 3.17. The largest absolute Gasteiger partial charge is 0.375 e. The lowest BCUT2D eigenvalue weighted by atomic mass is 10.1. The number of hydrogen-bond donors (Lipinski definition) is 3. The first-order valence-electron chi connectivity index (χ1n) is 8.45. The number of amides is 2. The number of rotatable bonds is 5. The molecule has 2 amide bonds. The summed E-state index contributed by atoms with van der Waals surface area (Å²) in [6.07, 6.45) is 2.70. The first-order valence-corrected chi connectivity index (χ1v) is 8.45. The molecule has 2 aromatic rings. The third-order valence-corrected chi connectivity index (χ3v) is 4.23. The van der Waals surface area contributed by atoms with Crippen LogP contribution in [0, 0.1) is 0 Å². The van der Waals surface area contributed by atoms with Crippen LogP contribution in [0.15, 0.2) is 36.9 Å². The molecule has 0 saturated carbocycles. The Morgan fingerprint density at radius 2 is 1.96 bits per heavy atom. The number of morpholine rings is 1. The van der Waals surface area contributed by atoms with Gasteiger partial charge in [-0.05, 0) is 38.1 Å². The number of anilines is 2. The van der Waals surface area contributed by atoms with Crippen LogP contribution in [0.1, 0.15) is 19.9 Å². The summed E-state index contributed by atoms with van der Waals surface area (Å²) in [4.78, 5) is 28.4. The van der Waals surface area contributed by atoms with Crippen LogP contribution in [-0.4, -0.2) is 51.9 Å². The summed E-state index contributed by atoms with van der Waals surface area (Å²) in [5.74, 6) is -0.349. The number of nitrogens with one attached hydrogen (secondary N) is 3. The van der Waals surface area contributed by atoms with Crippen molar-refractivity contribution >= 4 is 23.2 Å². The SMILES string of the molecule is CC(C(=O)Nc1ccc(NC(=O)[C@H]2NCCO[C@@H]2C)cc1)n1cncn1. The summed E-state index contributed by atoms with van der Waals surface area (Å²) < 4.78 is 6.96. The highest BCUT2D eigenvalue weighted by atomic mass is 16.5. The van der Waals surface area contributed by atoms with E-state index in [1.165, 1.54) is 17.3 Å². The van der Waals surface area contributed by atoms with Crippen molar-refractivity contribution in [3.8, 4) is 0 Å². The van der Waals surface area contributed by atoms with Crippen LogP contribution >= 0.6 is 0 Å². The van der Waals surface area contributed by atoms with Gasteiger partial charge in [0.05, 0.1) is 12.7 Å². The molecule has 1 aliphatic heterocycles. The number of nitrogens with zero attached hydrogens (tertiary/aromatic N) is 3. The zero-order valence-corrected chi connectivity index (χ0v) is 14.7. The Labute approximate surface area is 151 Å². The number of aromatic nitrogens is 3. The third kappa shape index (κ3) is 4.24. The summed E-state index contributed by atoms with van der Waals surface area (Å²) in [6.45, 7) is 4.86. The van der Waals surface area contributed by atoms with E-state index in [9.17, 15) is 9.59 Å². The van der Waals surface area contributed by atoms with E-state index in [-0.39, 0.29) is 24.0 Å². The van der Waals surface area contributed by atoms with Crippen LogP contribution in [0.4, 0.5) is 11.4 Å². The van der Waals surface area contributed by atoms with Gasteiger partial charge in [0.1, 0.15) is 24.7 Å². The summed E-state index contributed by atoms with van der Waals surface area (Å²) in [7, 11) is 0. The van der Waals surface area contributed by atoms with E-state index in [1.54, 1.807) is 31.2 Å². The second kappa shape index (κ2) is 8.07. The van der Waals surface area contributed by atoms with E-state index in [0.29, 0.717) is 24.5 Å². The summed E-state index contributed by atoms with van der Waals surface area (Å²) in [5.41, 5.74) is 1.28. The van der Waals surface area contributed by atoms with E-state index in [1.807, 2.05) is 6.92 Å². The fourth-order valence-electron chi connectivity index (χ4n) is 2.67. The van der Waals surface area contributed by atoms with Crippen LogP contribution in [0.3, 0.4) is 0 Å². The maximum atomic E-state index is 12.3. The van der Waals surface area contributed by atoms with Crippen molar-refractivity contribution in [1.29, 1.82) is 0 Å². The van der Waals surface area contributed by atoms with Crippen molar-refractivity contribution in [2.45, 2.75) is 32.0 Å². The third-order valence-electron chi connectivity index (χ3n) is 4.23. The fraction of sp³-hybridized carbons (Fsp3) is 0.412. The van der Waals surface area contributed by atoms with Crippen LogP contribution in [0.5, 0.6) is 0 Å². The minimum Gasteiger partial charge on any atom is -0.375 e. The van der Waals surface area contributed by atoms with E-state index in [2.05, 4.69) is 26.0 Å². The van der Waals surface area contributed by atoms with Gasteiger partial charge in [-0.3, -0.25) is 9.59 Å². The molecule has 3 rings (SSSR count). The standard InChI is InChI=1S/C17H22N6O3/c1-11(23-10-18-9-20-23)16(24)21-13-3-5-14(6-4-13)22-17(25)15-12(2)26-8-7-19-15/h3-6,9-12,15,19H,7-8H2,1-2H3,(H,21,24)(H,22,25)/t11?,12-,15+/m1/s1. The molecule has 2 heterocycles. The molecule has 3 N–H and O–H groups in total. The second-order valence-electron chi connectivity index (χ2n) is 6.12. The molecule has 1 aliphatic rings. The van der Waals surface area contributed by atoms with Crippen molar-refractivity contribution in [2.24, 2.45) is 0 Å². The molecule has 0 aliphatic carbocycles. The number of carbonyl (C=O) groups is 2. The topological polar surface area (TPSA) is 110 Å². The first-order chi connectivity index (χ1) is 12.5. The molecule has 0 radical (unpaired) electrons. The number of hydrogen-bond acceptors (Lipinski definition) is 6. The summed E-state index contributed by atoms with van der Waals surface area (Å²) in [5, 5.41) is 12.8. The lowest BCUT2D eigenvalue weighted by Crippen LogP contribution is -2.53. The molecule has 9 nitrogen and oxygen atoms in total. The van der Waals surface area contributed by atoms with Gasteiger partial charge in [-0.15, -0.1) is 0 Å². The minimum absolute atomic E-state index is 0.145. The second-order valence-corrected chi connectivity index (χ2v) is 6.12. The fourth-order valence-corrected chi connectivity index (χ4v) is 2.67. The predicted molar refractivity (Wildman–Crippen MR) is 95.6 cm³/mol. The highest BCUT2D eigenvalue weighted by molar-refractivity contribution is 5.96. The van der Waals surface area contributed by atoms with Crippen molar-refractivity contribution < 1.29 is 14.3 Å². The maximum absolute atomic E-state index is 12.3. The number of carbonyl (C=O) groups excluding carboxylic acids is 2. The summed E-state index contributed by atoms with van der Waals surface area (Å²) in [6, 6.07) is 6.08. The molecule has 1 aromatic carbocycles. The van der Waals surface area contributed by atoms with Crippen molar-refractivity contribution in [3.05, 3.63) is 36.9 Å². The molecule has 1 aromatic heterocycles. The Hall–Kier alpha value is -2.78. The van der Waals surface area contributed by atoms with Gasteiger partial charge in [0.15, 0.2) is 0 Å². The van der Waals surface area contributed by atoms with Crippen LogP contribution < -0.4 is 16.0 Å². The Kier molecular flexibility index (Phi) is 5.59. The van der Waals surface area contributed by atoms with Crippen molar-refractivity contribution in [1.82, 2.24) is 20.1 Å². The zero-order valence-electron chi connectivity index (χ0n) is 14.7. The number of ether oxygens (including phenoxy) is 1. The quantitative estimate of drug-likeness (QED) is 0.729. The molecule has 3 atom stereocenters. The average molecular weight is 358 g/mol. The lowest BCUT2D eigenvalue weighted by Gasteiger charge is -2.29. The molecule has 138 valence electrons. The molecule has 1 fully saturated rings. The first kappa shape index (κ1) is 18.0. The van der Waals surface area contributed by atoms with Crippen molar-refractivity contribution in [2.75, 3.05) is 23.8 Å². The Morgan fingerprint density at radius 1 is 1.27 bits per heavy atom.